The predicted molar refractivity (Wildman–Crippen MR) is 431 cm³/mol. The molecule has 0 aliphatic carbocycles. The molecule has 0 unspecified atom stereocenters. The second-order valence-electron chi connectivity index (χ2n) is 25.9. The summed E-state index contributed by atoms with van der Waals surface area (Å²) >= 11 is 2.67. The maximum absolute atomic E-state index is 13.7. The van der Waals surface area contributed by atoms with Gasteiger partial charge in [0.15, 0.2) is 34.6 Å². The molecule has 582 valence electrons. The maximum atomic E-state index is 13.7. The lowest BCUT2D eigenvalue weighted by Gasteiger charge is -2.22. The number of aromatic nitrogens is 4. The van der Waals surface area contributed by atoms with Gasteiger partial charge in [-0.25, -0.2) is 9.97 Å². The molecule has 0 spiro atoms. The molecule has 4 aliphatic rings. The number of aliphatic carboxylic acids is 1. The number of hydrogen-bond acceptors (Lipinski definition) is 22. The number of hydrogen-bond donors (Lipinski definition) is 6. The molecule has 32 heteroatoms. The SMILES string of the molecule is C.CC(=O)CCNC(=O)c1cc2cc(CC(=O)c3nc(N)cn3C)ccc2s1.COC(=O)CCNC(=O)c1cc2cc(NC(=O)c3nc(NC(=O)CCCOc4cc5c(cc4OC)C(=O)N4c6ccccc6C[C@H]4C=N5)cn3C)ccc2s1.COc1cc2c(cc1OCCCC(=O)O)N=C[C@@H]1Cc3ccccc3N1C2=O.Cl. The van der Waals surface area contributed by atoms with Crippen LogP contribution in [0.5, 0.6) is 23.0 Å². The number of nitrogen functional groups attached to an aromatic ring is 1. The van der Waals surface area contributed by atoms with Crippen molar-refractivity contribution in [2.24, 2.45) is 24.1 Å². The molecule has 112 heavy (non-hydrogen) atoms. The molecule has 8 heterocycles. The van der Waals surface area contributed by atoms with E-state index < -0.39 is 17.8 Å². The van der Waals surface area contributed by atoms with E-state index in [1.165, 1.54) is 55.5 Å². The first-order chi connectivity index (χ1) is 53.0. The minimum absolute atomic E-state index is 0. The number of anilines is 5. The molecule has 7 N–H and O–H groups in total. The van der Waals surface area contributed by atoms with Gasteiger partial charge in [-0.1, -0.05) is 49.9 Å². The number of fused-ring (bicyclic) bond motifs is 10. The molecule has 4 aromatic heterocycles. The zero-order chi connectivity index (χ0) is 77.9. The van der Waals surface area contributed by atoms with Crippen LogP contribution >= 0.6 is 35.1 Å². The van der Waals surface area contributed by atoms with Crippen LogP contribution in [-0.2, 0) is 57.3 Å². The summed E-state index contributed by atoms with van der Waals surface area (Å²) in [6, 6.07) is 36.5. The monoisotopic (exact) mass is 1580 g/mol. The van der Waals surface area contributed by atoms with Crippen molar-refractivity contribution in [3.05, 3.63) is 183 Å². The number of carboxylic acid groups (broad SMARTS) is 1. The number of carbonyl (C=O) groups is 10. The highest BCUT2D eigenvalue weighted by Crippen LogP contribution is 2.43. The average molecular weight is 1580 g/mol. The minimum Gasteiger partial charge on any atom is -0.493 e. The number of aliphatic imine (C=N–C) groups is 2. The maximum Gasteiger partial charge on any atom is 0.307 e. The topological polar surface area (TPSA) is 378 Å². The fourth-order valence-corrected chi connectivity index (χ4v) is 14.7. The fraction of sp³-hybridized carbons (Fsp3) is 0.275. The number of rotatable bonds is 26. The number of esters is 1. The number of ether oxygens (including phenoxy) is 5. The van der Waals surface area contributed by atoms with Crippen LogP contribution in [0, 0.1) is 0 Å². The van der Waals surface area contributed by atoms with Gasteiger partial charge >= 0.3 is 11.9 Å². The number of carboxylic acids is 1. The molecule has 0 saturated carbocycles. The standard InChI is InChI=1S/C39H37N7O8S.C21H20N2O5.C19H20N4O3S.CH4.ClH/c1-45-21-33(44-36(45)38(50)42-24-10-11-31-23(15-24)17-32(55-31)37(49)40-13-12-35(48)53-3)43-34(47)9-6-14-54-30-19-27-26(18-29(30)52-2)39(51)46-25(20-41-27)16-22-7-4-5-8-28(22)46;1-27-18-10-15-16(11-19(18)28-8-4-7-20(24)25)22-12-14-9-13-5-2-3-6-17(13)23(14)21(15)26;1-11(24)5-6-21-19(26)16-9-13-7-12(3-4-15(13)27-16)8-14(25)18-22-17(20)10-23(18)2;;/h4-5,7-8,10-11,15,17-21,25H,6,9,12-14,16H2,1-3H3,(H,40,49)(H,42,50)(H,43,47);2-3,5-6,10-12,14H,4,7-9H2,1H3,(H,24,25);3-4,7,9-10H,5-6,8,20H2,1-2H3,(H,21,26);1H4;1H/t25-;14-;;;/m00.../s1. The van der Waals surface area contributed by atoms with Crippen LogP contribution in [0.25, 0.3) is 20.2 Å². The van der Waals surface area contributed by atoms with Crippen LogP contribution < -0.4 is 55.7 Å². The van der Waals surface area contributed by atoms with Crippen LogP contribution in [0.2, 0.25) is 0 Å². The van der Waals surface area contributed by atoms with Crippen molar-refractivity contribution in [2.75, 3.05) is 73.8 Å². The third-order valence-electron chi connectivity index (χ3n) is 18.1. The Kier molecular flexibility index (Phi) is 26.9. The van der Waals surface area contributed by atoms with E-state index in [1.54, 1.807) is 108 Å². The van der Waals surface area contributed by atoms with E-state index in [0.717, 1.165) is 54.7 Å². The molecule has 2 atom stereocenters. The summed E-state index contributed by atoms with van der Waals surface area (Å²) < 4.78 is 32.2. The number of aryl methyl sites for hydroxylation is 2. The van der Waals surface area contributed by atoms with E-state index in [4.69, 9.17) is 29.8 Å². The van der Waals surface area contributed by atoms with Crippen molar-refractivity contribution < 1.29 is 76.7 Å². The summed E-state index contributed by atoms with van der Waals surface area (Å²) in [6.45, 7) is 2.41. The van der Waals surface area contributed by atoms with E-state index in [0.29, 0.717) is 105 Å². The number of para-hydroxylation sites is 2. The van der Waals surface area contributed by atoms with Crippen molar-refractivity contribution in [3.8, 4) is 23.0 Å². The quantitative estimate of drug-likeness (QED) is 0.0167. The largest absolute Gasteiger partial charge is 0.493 e. The Bertz CT molecular complexity index is 5360. The first-order valence-corrected chi connectivity index (χ1v) is 36.6. The van der Waals surface area contributed by atoms with Gasteiger partial charge in [0.05, 0.1) is 85.3 Å². The lowest BCUT2D eigenvalue weighted by molar-refractivity contribution is -0.140. The van der Waals surface area contributed by atoms with Crippen LogP contribution in [0.3, 0.4) is 0 Å². The van der Waals surface area contributed by atoms with E-state index >= 15 is 0 Å². The van der Waals surface area contributed by atoms with Gasteiger partial charge in [0, 0.05) is 129 Å². The van der Waals surface area contributed by atoms with E-state index in [-0.39, 0.29) is 130 Å². The lowest BCUT2D eigenvalue weighted by atomic mass is 10.1. The highest BCUT2D eigenvalue weighted by molar-refractivity contribution is 7.21. The van der Waals surface area contributed by atoms with Gasteiger partial charge in [0.1, 0.15) is 11.6 Å². The van der Waals surface area contributed by atoms with Gasteiger partial charge < -0.3 is 64.9 Å². The van der Waals surface area contributed by atoms with Crippen molar-refractivity contribution in [3.63, 3.8) is 0 Å². The van der Waals surface area contributed by atoms with E-state index in [2.05, 4.69) is 46.0 Å². The molecule has 0 radical (unpaired) electrons. The second-order valence-corrected chi connectivity index (χ2v) is 28.1. The Morgan fingerprint density at radius 3 is 1.64 bits per heavy atom. The summed E-state index contributed by atoms with van der Waals surface area (Å²) in [7, 11) is 7.67. The highest BCUT2D eigenvalue weighted by atomic mass is 35.5. The predicted octanol–water partition coefficient (Wildman–Crippen LogP) is 11.9. The summed E-state index contributed by atoms with van der Waals surface area (Å²) in [5, 5.41) is 21.4. The van der Waals surface area contributed by atoms with Gasteiger partial charge in [-0.15, -0.1) is 35.1 Å². The molecule has 0 fully saturated rings. The Morgan fingerprint density at radius 1 is 0.589 bits per heavy atom. The number of Topliss-reactive ketones (excluding diaryl/α,β-unsaturated/α-hetero) is 2. The van der Waals surface area contributed by atoms with Gasteiger partial charge in [0.25, 0.3) is 29.5 Å². The Balaban J connectivity index is 0.000000196. The summed E-state index contributed by atoms with van der Waals surface area (Å²) in [5.41, 5.74) is 12.8. The smallest absolute Gasteiger partial charge is 0.307 e. The van der Waals surface area contributed by atoms with Gasteiger partial charge in [-0.2, -0.15) is 0 Å². The lowest BCUT2D eigenvalue weighted by Crippen LogP contribution is -2.37. The molecule has 0 saturated heterocycles. The van der Waals surface area contributed by atoms with Crippen LogP contribution in [0.15, 0.2) is 144 Å². The number of amides is 6. The van der Waals surface area contributed by atoms with Gasteiger partial charge in [0.2, 0.25) is 17.5 Å². The van der Waals surface area contributed by atoms with Gasteiger partial charge in [-0.3, -0.25) is 67.7 Å². The summed E-state index contributed by atoms with van der Waals surface area (Å²) in [5.74, 6) is -0.367. The number of nitrogens with one attached hydrogen (secondary N) is 4. The molecule has 29 nitrogen and oxygen atoms in total. The number of nitrogens with zero attached hydrogens (tertiary/aromatic N) is 8. The van der Waals surface area contributed by atoms with Crippen LogP contribution in [-0.4, -0.2) is 155 Å². The molecule has 0 bridgehead atoms. The van der Waals surface area contributed by atoms with Crippen molar-refractivity contribution in [1.82, 2.24) is 29.7 Å². The molecule has 6 aromatic carbocycles. The first-order valence-electron chi connectivity index (χ1n) is 35.0. The Hall–Kier alpha value is -12.6. The number of thiophene rings is 2. The number of imidazole rings is 2. The highest BCUT2D eigenvalue weighted by Gasteiger charge is 2.38. The summed E-state index contributed by atoms with van der Waals surface area (Å²) in [6.07, 6.45) is 9.64. The number of benzene rings is 6. The average Bonchev–Trinajstić information content (AvgIpc) is 1.61. The van der Waals surface area contributed by atoms with Crippen molar-refractivity contribution in [1.29, 1.82) is 0 Å². The molecule has 6 amide bonds. The number of halogens is 1. The van der Waals surface area contributed by atoms with Crippen LogP contribution in [0.1, 0.15) is 131 Å². The Morgan fingerprint density at radius 2 is 1.12 bits per heavy atom. The van der Waals surface area contributed by atoms with Crippen LogP contribution in [0.4, 0.5) is 40.1 Å². The molecular weight excluding hydrogens is 1500 g/mol. The first kappa shape index (κ1) is 81.9. The molecule has 10 aromatic rings. The molecule has 4 aliphatic heterocycles. The normalized spacial score (nSPS) is 13.7. The molecular formula is C80H82ClN13O16S2. The van der Waals surface area contributed by atoms with Gasteiger partial charge in [-0.05, 0) is 114 Å². The van der Waals surface area contributed by atoms with Crippen molar-refractivity contribution >= 4 is 167 Å². The Labute approximate surface area is 657 Å². The number of methoxy groups -OCH3 is 3. The second kappa shape index (κ2) is 36.7. The zero-order valence-electron chi connectivity index (χ0n) is 61.2. The number of nitrogens with two attached hydrogens (primary N) is 1. The fourth-order valence-electron chi connectivity index (χ4n) is 12.8. The third kappa shape index (κ3) is 19.1. The zero-order valence-corrected chi connectivity index (χ0v) is 63.6. The number of carbonyl (C=O) groups excluding carboxylic acids is 9. The summed E-state index contributed by atoms with van der Waals surface area (Å²) in [4.78, 5) is 145. The van der Waals surface area contributed by atoms with Crippen molar-refractivity contribution in [2.45, 2.75) is 84.2 Å². The molecule has 14 rings (SSSR count). The van der Waals surface area contributed by atoms with E-state index in [1.807, 2.05) is 66.7 Å². The number of ketones is 2. The third-order valence-corrected chi connectivity index (χ3v) is 20.3. The van der Waals surface area contributed by atoms with E-state index in [9.17, 15) is 47.9 Å². The minimum atomic E-state index is -0.867.